The molecule has 1 heterocycles. The topological polar surface area (TPSA) is 55.4 Å². The minimum absolute atomic E-state index is 0.0424. The van der Waals surface area contributed by atoms with Gasteiger partial charge >= 0.3 is 0 Å². The molecule has 1 aliphatic rings. The van der Waals surface area contributed by atoms with Gasteiger partial charge in [-0.1, -0.05) is 0 Å². The van der Waals surface area contributed by atoms with Gasteiger partial charge in [-0.05, 0) is 32.0 Å². The van der Waals surface area contributed by atoms with Crippen LogP contribution in [0.25, 0.3) is 0 Å². The van der Waals surface area contributed by atoms with E-state index in [4.69, 9.17) is 4.74 Å². The van der Waals surface area contributed by atoms with Crippen molar-refractivity contribution in [3.63, 3.8) is 0 Å². The van der Waals surface area contributed by atoms with Gasteiger partial charge in [0.25, 0.3) is 0 Å². The first-order valence-electron chi connectivity index (χ1n) is 5.08. The van der Waals surface area contributed by atoms with Crippen LogP contribution in [0, 0.1) is 0 Å². The normalized spacial score (nSPS) is 17.2. The van der Waals surface area contributed by atoms with Crippen LogP contribution in [0.3, 0.4) is 0 Å². The molecule has 0 aromatic heterocycles. The van der Waals surface area contributed by atoms with Crippen molar-refractivity contribution >= 4 is 17.9 Å². The average Bonchev–Trinajstić information content (AvgIpc) is 2.18. The summed E-state index contributed by atoms with van der Waals surface area (Å²) in [4.78, 5) is 22.2. The summed E-state index contributed by atoms with van der Waals surface area (Å²) in [6, 6.07) is 5.06. The number of ketones is 1. The average molecular weight is 219 g/mol. The molecule has 0 fully saturated rings. The molecular formula is C12H13NO3. The number of hydrogen-bond donors (Lipinski definition) is 1. The smallest absolute Gasteiger partial charge is 0.211 e. The highest BCUT2D eigenvalue weighted by Gasteiger charge is 2.32. The molecule has 0 saturated carbocycles. The van der Waals surface area contributed by atoms with Crippen LogP contribution in [0.4, 0.5) is 5.69 Å². The molecule has 4 nitrogen and oxygen atoms in total. The van der Waals surface area contributed by atoms with Crippen molar-refractivity contribution in [2.24, 2.45) is 0 Å². The molecule has 0 unspecified atom stereocenters. The van der Waals surface area contributed by atoms with Crippen LogP contribution >= 0.6 is 0 Å². The maximum absolute atomic E-state index is 11.9. The number of amides is 1. The van der Waals surface area contributed by atoms with Crippen molar-refractivity contribution in [3.8, 4) is 5.75 Å². The lowest BCUT2D eigenvalue weighted by Crippen LogP contribution is -2.35. The third-order valence-electron chi connectivity index (χ3n) is 2.48. The Morgan fingerprint density at radius 2 is 2.19 bits per heavy atom. The molecule has 16 heavy (non-hydrogen) atoms. The van der Waals surface area contributed by atoms with Crippen molar-refractivity contribution in [1.29, 1.82) is 0 Å². The van der Waals surface area contributed by atoms with Gasteiger partial charge in [0.2, 0.25) is 6.41 Å². The van der Waals surface area contributed by atoms with Crippen molar-refractivity contribution in [1.82, 2.24) is 0 Å². The summed E-state index contributed by atoms with van der Waals surface area (Å²) in [5, 5.41) is 2.51. The van der Waals surface area contributed by atoms with Crippen molar-refractivity contribution < 1.29 is 14.3 Å². The van der Waals surface area contributed by atoms with Gasteiger partial charge < -0.3 is 10.1 Å². The largest absolute Gasteiger partial charge is 0.487 e. The van der Waals surface area contributed by atoms with Gasteiger partial charge in [0, 0.05) is 5.69 Å². The second kappa shape index (κ2) is 3.63. The van der Waals surface area contributed by atoms with Crippen LogP contribution in [0.2, 0.25) is 0 Å². The molecule has 0 atom stereocenters. The summed E-state index contributed by atoms with van der Waals surface area (Å²) in [6.45, 7) is 3.76. The Morgan fingerprint density at radius 1 is 1.44 bits per heavy atom. The number of nitrogens with one attached hydrogen (secondary N) is 1. The predicted molar refractivity (Wildman–Crippen MR) is 59.8 cm³/mol. The van der Waals surface area contributed by atoms with E-state index in [1.165, 1.54) is 0 Å². The second-order valence-electron chi connectivity index (χ2n) is 4.43. The van der Waals surface area contributed by atoms with E-state index >= 15 is 0 Å². The van der Waals surface area contributed by atoms with Crippen LogP contribution < -0.4 is 10.1 Å². The summed E-state index contributed by atoms with van der Waals surface area (Å²) in [5.74, 6) is 0.624. The first-order chi connectivity index (χ1) is 7.52. The molecule has 0 spiro atoms. The number of hydrogen-bond acceptors (Lipinski definition) is 3. The highest BCUT2D eigenvalue weighted by Crippen LogP contribution is 2.34. The third kappa shape index (κ3) is 1.91. The molecule has 1 aliphatic heterocycles. The number of carbonyl (C=O) groups excluding carboxylic acids is 2. The zero-order valence-corrected chi connectivity index (χ0v) is 9.24. The lowest BCUT2D eigenvalue weighted by molar-refractivity contribution is -0.105. The molecule has 4 heteroatoms. The molecule has 0 bridgehead atoms. The third-order valence-corrected chi connectivity index (χ3v) is 2.48. The molecule has 1 N–H and O–H groups in total. The molecule has 1 aromatic carbocycles. The van der Waals surface area contributed by atoms with E-state index in [0.717, 1.165) is 0 Å². The second-order valence-corrected chi connectivity index (χ2v) is 4.43. The van der Waals surface area contributed by atoms with Gasteiger partial charge in [0.1, 0.15) is 11.4 Å². The minimum atomic E-state index is -0.455. The van der Waals surface area contributed by atoms with Gasteiger partial charge in [-0.25, -0.2) is 0 Å². The lowest BCUT2D eigenvalue weighted by Gasteiger charge is -2.31. The van der Waals surface area contributed by atoms with E-state index in [2.05, 4.69) is 5.32 Å². The Balaban J connectivity index is 2.41. The van der Waals surface area contributed by atoms with Crippen LogP contribution in [0.1, 0.15) is 30.6 Å². The van der Waals surface area contributed by atoms with Gasteiger partial charge in [-0.3, -0.25) is 9.59 Å². The number of Topliss-reactive ketones (excluding diaryl/α,β-unsaturated/α-hetero) is 1. The summed E-state index contributed by atoms with van der Waals surface area (Å²) in [7, 11) is 0. The zero-order chi connectivity index (χ0) is 11.8. The Labute approximate surface area is 93.6 Å². The number of ether oxygens (including phenoxy) is 1. The summed E-state index contributed by atoms with van der Waals surface area (Å²) in [5.41, 5.74) is 0.681. The van der Waals surface area contributed by atoms with Gasteiger partial charge in [-0.15, -0.1) is 0 Å². The molecule has 1 aromatic rings. The Kier molecular flexibility index (Phi) is 2.42. The fourth-order valence-corrected chi connectivity index (χ4v) is 1.81. The number of anilines is 1. The van der Waals surface area contributed by atoms with Crippen molar-refractivity contribution in [3.05, 3.63) is 23.8 Å². The fourth-order valence-electron chi connectivity index (χ4n) is 1.81. The Bertz CT molecular complexity index is 452. The van der Waals surface area contributed by atoms with Crippen LogP contribution in [0.15, 0.2) is 18.2 Å². The summed E-state index contributed by atoms with van der Waals surface area (Å²) < 4.78 is 5.69. The molecule has 0 aliphatic carbocycles. The standard InChI is InChI=1S/C12H13NO3/c1-12(2)6-10(15)9-5-8(13-7-14)3-4-11(9)16-12/h3-5,7H,6H2,1-2H3,(H,13,14). The highest BCUT2D eigenvalue weighted by molar-refractivity contribution is 6.01. The highest BCUT2D eigenvalue weighted by atomic mass is 16.5. The number of rotatable bonds is 2. The monoisotopic (exact) mass is 219 g/mol. The Hall–Kier alpha value is -1.84. The molecule has 0 saturated heterocycles. The number of fused-ring (bicyclic) bond motifs is 1. The zero-order valence-electron chi connectivity index (χ0n) is 9.24. The first-order valence-corrected chi connectivity index (χ1v) is 5.08. The number of benzene rings is 1. The fraction of sp³-hybridized carbons (Fsp3) is 0.333. The molecule has 2 rings (SSSR count). The summed E-state index contributed by atoms with van der Waals surface area (Å²) >= 11 is 0. The predicted octanol–water partition coefficient (Wildman–Crippen LogP) is 2.00. The van der Waals surface area contributed by atoms with E-state index in [1.54, 1.807) is 18.2 Å². The van der Waals surface area contributed by atoms with Gasteiger partial charge in [-0.2, -0.15) is 0 Å². The van der Waals surface area contributed by atoms with E-state index in [9.17, 15) is 9.59 Å². The van der Waals surface area contributed by atoms with Gasteiger partial charge in [0.05, 0.1) is 12.0 Å². The van der Waals surface area contributed by atoms with E-state index < -0.39 is 5.60 Å². The first kappa shape index (κ1) is 10.7. The molecule has 1 amide bonds. The van der Waals surface area contributed by atoms with Crippen molar-refractivity contribution in [2.45, 2.75) is 25.9 Å². The van der Waals surface area contributed by atoms with Crippen LogP contribution in [-0.2, 0) is 4.79 Å². The van der Waals surface area contributed by atoms with E-state index in [0.29, 0.717) is 29.8 Å². The number of carbonyl (C=O) groups is 2. The Morgan fingerprint density at radius 3 is 2.88 bits per heavy atom. The maximum Gasteiger partial charge on any atom is 0.211 e. The maximum atomic E-state index is 11.9. The van der Waals surface area contributed by atoms with Crippen LogP contribution in [-0.4, -0.2) is 17.8 Å². The van der Waals surface area contributed by atoms with Gasteiger partial charge in [0.15, 0.2) is 5.78 Å². The molecule has 84 valence electrons. The molecular weight excluding hydrogens is 206 g/mol. The van der Waals surface area contributed by atoms with E-state index in [-0.39, 0.29) is 5.78 Å². The van der Waals surface area contributed by atoms with Crippen LogP contribution in [0.5, 0.6) is 5.75 Å². The van der Waals surface area contributed by atoms with Crippen molar-refractivity contribution in [2.75, 3.05) is 5.32 Å². The quantitative estimate of drug-likeness (QED) is 0.774. The summed E-state index contributed by atoms with van der Waals surface area (Å²) in [6.07, 6.45) is 0.935. The SMILES string of the molecule is CC1(C)CC(=O)c2cc(NC=O)ccc2O1. The minimum Gasteiger partial charge on any atom is -0.487 e. The van der Waals surface area contributed by atoms with E-state index in [1.807, 2.05) is 13.8 Å². The molecule has 0 radical (unpaired) electrons. The lowest BCUT2D eigenvalue weighted by atomic mass is 9.93.